The van der Waals surface area contributed by atoms with Gasteiger partial charge in [-0.15, -0.1) is 0 Å². The van der Waals surface area contributed by atoms with Crippen molar-refractivity contribution in [2.75, 3.05) is 18.1 Å². The van der Waals surface area contributed by atoms with Crippen LogP contribution in [0.15, 0.2) is 121 Å². The van der Waals surface area contributed by atoms with Gasteiger partial charge in [-0.25, -0.2) is 4.79 Å². The second kappa shape index (κ2) is 12.8. The van der Waals surface area contributed by atoms with E-state index in [0.29, 0.717) is 23.6 Å². The fourth-order valence-corrected chi connectivity index (χ4v) is 7.00. The normalized spacial score (nSPS) is 15.4. The minimum Gasteiger partial charge on any atom is -0.493 e. The third-order valence-electron chi connectivity index (χ3n) is 9.09. The molecule has 1 atom stereocenters. The van der Waals surface area contributed by atoms with Crippen LogP contribution in [0.2, 0.25) is 0 Å². The minimum atomic E-state index is -1.37. The molecule has 2 aromatic heterocycles. The molecule has 0 bridgehead atoms. The summed E-state index contributed by atoms with van der Waals surface area (Å²) in [6.45, 7) is 8.48. The first kappa shape index (κ1) is 30.3. The number of fused-ring (bicyclic) bond motifs is 2. The number of nitrogens with zero attached hydrogens (tertiary/aromatic N) is 3. The molecular formula is C41H39N3O3. The number of anilines is 2. The van der Waals surface area contributed by atoms with E-state index in [1.165, 1.54) is 0 Å². The molecule has 236 valence electrons. The van der Waals surface area contributed by atoms with Gasteiger partial charge in [0.1, 0.15) is 11.4 Å². The number of carbonyl (C=O) groups is 1. The Kier molecular flexibility index (Phi) is 8.25. The highest BCUT2D eigenvalue weighted by Crippen LogP contribution is 2.55. The van der Waals surface area contributed by atoms with E-state index in [9.17, 15) is 4.79 Å². The molecule has 47 heavy (non-hydrogen) atoms. The number of para-hydroxylation sites is 2. The molecule has 1 aliphatic rings. The van der Waals surface area contributed by atoms with Crippen LogP contribution >= 0.6 is 0 Å². The lowest BCUT2D eigenvalue weighted by atomic mass is 9.79. The van der Waals surface area contributed by atoms with Crippen LogP contribution in [0.5, 0.6) is 5.75 Å². The third kappa shape index (κ3) is 5.05. The highest BCUT2D eigenvalue weighted by molar-refractivity contribution is 6.00. The van der Waals surface area contributed by atoms with Gasteiger partial charge >= 0.3 is 5.97 Å². The maximum Gasteiger partial charge on any atom is 0.341 e. The Morgan fingerprint density at radius 2 is 1.57 bits per heavy atom. The molecule has 3 heterocycles. The van der Waals surface area contributed by atoms with Crippen molar-refractivity contribution in [1.29, 1.82) is 0 Å². The lowest BCUT2D eigenvalue weighted by Crippen LogP contribution is -2.32. The van der Waals surface area contributed by atoms with Gasteiger partial charge in [-0.3, -0.25) is 4.98 Å². The van der Waals surface area contributed by atoms with Crippen LogP contribution in [0.25, 0.3) is 22.2 Å². The number of aryl methyl sites for hydroxylation is 1. The van der Waals surface area contributed by atoms with Crippen LogP contribution in [-0.4, -0.2) is 28.7 Å². The summed E-state index contributed by atoms with van der Waals surface area (Å²) in [5.41, 5.74) is 6.47. The molecular weight excluding hydrogens is 582 g/mol. The Bertz CT molecular complexity index is 2040. The van der Waals surface area contributed by atoms with Gasteiger partial charge in [0.15, 0.2) is 0 Å². The molecule has 0 saturated carbocycles. The first-order chi connectivity index (χ1) is 23.1. The van der Waals surface area contributed by atoms with Gasteiger partial charge in [0.05, 0.1) is 17.9 Å². The summed E-state index contributed by atoms with van der Waals surface area (Å²) in [7, 11) is 0. The van der Waals surface area contributed by atoms with E-state index in [1.807, 2.05) is 36.4 Å². The number of ether oxygens (including phenoxy) is 2. The maximum atomic E-state index is 13.9. The van der Waals surface area contributed by atoms with Crippen molar-refractivity contribution < 1.29 is 14.3 Å². The van der Waals surface area contributed by atoms with Crippen LogP contribution in [0.1, 0.15) is 60.8 Å². The molecule has 0 fully saturated rings. The zero-order valence-electron chi connectivity index (χ0n) is 27.1. The van der Waals surface area contributed by atoms with E-state index in [1.54, 1.807) is 12.3 Å². The summed E-state index contributed by atoms with van der Waals surface area (Å²) >= 11 is 0. The van der Waals surface area contributed by atoms with Crippen molar-refractivity contribution in [2.24, 2.45) is 0 Å². The number of cyclic esters (lactones) is 1. The second-order valence-corrected chi connectivity index (χ2v) is 11.8. The predicted octanol–water partition coefficient (Wildman–Crippen LogP) is 9.52. The van der Waals surface area contributed by atoms with Gasteiger partial charge in [0.2, 0.25) is 5.60 Å². The lowest BCUT2D eigenvalue weighted by Gasteiger charge is -2.33. The lowest BCUT2D eigenvalue weighted by molar-refractivity contribution is 0.0241. The van der Waals surface area contributed by atoms with Gasteiger partial charge < -0.3 is 18.9 Å². The molecule has 0 amide bonds. The predicted molar refractivity (Wildman–Crippen MR) is 189 cm³/mol. The summed E-state index contributed by atoms with van der Waals surface area (Å²) in [6, 6.07) is 39.0. The standard InChI is InChI=1S/C41H39N3O3/c1-4-7-27-46-36-28-31(43(5-2)30-19-12-9-13-20-30)24-25-34(36)41(39-33(40(45)47-41)22-16-26-42-39)37-32-21-14-15-23-35(32)44(6-3)38(37)29-17-10-8-11-18-29/h8-26,28H,4-7,27H2,1-3H3. The van der Waals surface area contributed by atoms with E-state index in [4.69, 9.17) is 14.5 Å². The first-order valence-electron chi connectivity index (χ1n) is 16.6. The molecule has 4 aromatic carbocycles. The van der Waals surface area contributed by atoms with Crippen LogP contribution in [0.4, 0.5) is 11.4 Å². The number of unbranched alkanes of at least 4 members (excludes halogenated alkanes) is 1. The monoisotopic (exact) mass is 621 g/mol. The number of hydrogen-bond acceptors (Lipinski definition) is 5. The number of esters is 1. The highest BCUT2D eigenvalue weighted by Gasteiger charge is 2.54. The number of aromatic nitrogens is 2. The van der Waals surface area contributed by atoms with E-state index in [2.05, 4.69) is 103 Å². The number of pyridine rings is 1. The molecule has 7 rings (SSSR count). The van der Waals surface area contributed by atoms with Crippen molar-refractivity contribution in [1.82, 2.24) is 9.55 Å². The van der Waals surface area contributed by atoms with Crippen molar-refractivity contribution in [2.45, 2.75) is 45.8 Å². The Morgan fingerprint density at radius 3 is 2.32 bits per heavy atom. The Balaban J connectivity index is 1.58. The zero-order valence-corrected chi connectivity index (χ0v) is 27.1. The van der Waals surface area contributed by atoms with Gasteiger partial charge in [-0.1, -0.05) is 80.1 Å². The Morgan fingerprint density at radius 1 is 0.830 bits per heavy atom. The maximum absolute atomic E-state index is 13.9. The van der Waals surface area contributed by atoms with E-state index < -0.39 is 11.6 Å². The SMILES string of the molecule is CCCCOc1cc(N(CC)c2ccccc2)ccc1C1(c2c(-c3ccccc3)n(CC)c3ccccc23)OC(=O)c2cccnc21. The van der Waals surface area contributed by atoms with E-state index in [0.717, 1.165) is 70.6 Å². The first-order valence-corrected chi connectivity index (χ1v) is 16.6. The van der Waals surface area contributed by atoms with E-state index in [-0.39, 0.29) is 0 Å². The number of carbonyl (C=O) groups excluding carboxylic acids is 1. The average Bonchev–Trinajstić information content (AvgIpc) is 3.62. The molecule has 1 aliphatic heterocycles. The largest absolute Gasteiger partial charge is 0.493 e. The Labute approximate surface area is 276 Å². The van der Waals surface area contributed by atoms with Crippen molar-refractivity contribution in [3.63, 3.8) is 0 Å². The van der Waals surface area contributed by atoms with Gasteiger partial charge in [-0.2, -0.15) is 0 Å². The highest BCUT2D eigenvalue weighted by atomic mass is 16.6. The zero-order chi connectivity index (χ0) is 32.4. The van der Waals surface area contributed by atoms with Crippen LogP contribution in [-0.2, 0) is 16.9 Å². The fraction of sp³-hybridized carbons (Fsp3) is 0.220. The van der Waals surface area contributed by atoms with Crippen molar-refractivity contribution in [3.8, 4) is 17.0 Å². The molecule has 6 nitrogen and oxygen atoms in total. The topological polar surface area (TPSA) is 56.6 Å². The number of benzene rings is 4. The Hall–Kier alpha value is -5.36. The summed E-state index contributed by atoms with van der Waals surface area (Å²) < 4.78 is 15.8. The molecule has 0 saturated heterocycles. The molecule has 0 radical (unpaired) electrons. The fourth-order valence-electron chi connectivity index (χ4n) is 7.00. The smallest absolute Gasteiger partial charge is 0.341 e. The van der Waals surface area contributed by atoms with Crippen LogP contribution in [0.3, 0.4) is 0 Å². The summed E-state index contributed by atoms with van der Waals surface area (Å²) in [6.07, 6.45) is 3.63. The van der Waals surface area contributed by atoms with Gasteiger partial charge in [0.25, 0.3) is 0 Å². The summed E-state index contributed by atoms with van der Waals surface area (Å²) in [4.78, 5) is 21.1. The second-order valence-electron chi connectivity index (χ2n) is 11.8. The summed E-state index contributed by atoms with van der Waals surface area (Å²) in [5, 5.41) is 1.00. The molecule has 6 heteroatoms. The molecule has 0 N–H and O–H groups in total. The molecule has 6 aromatic rings. The van der Waals surface area contributed by atoms with Crippen LogP contribution < -0.4 is 9.64 Å². The molecule has 1 unspecified atom stereocenters. The third-order valence-corrected chi connectivity index (χ3v) is 9.09. The number of hydrogen-bond donors (Lipinski definition) is 0. The van der Waals surface area contributed by atoms with Gasteiger partial charge in [-0.05, 0) is 68.3 Å². The quantitative estimate of drug-likeness (QED) is 0.107. The molecule has 0 aliphatic carbocycles. The molecule has 0 spiro atoms. The van der Waals surface area contributed by atoms with Gasteiger partial charge in [0, 0.05) is 58.8 Å². The van der Waals surface area contributed by atoms with Crippen molar-refractivity contribution in [3.05, 3.63) is 144 Å². The van der Waals surface area contributed by atoms with Crippen LogP contribution in [0, 0.1) is 0 Å². The van der Waals surface area contributed by atoms with Crippen molar-refractivity contribution >= 4 is 28.2 Å². The minimum absolute atomic E-state index is 0.400. The number of rotatable bonds is 11. The average molecular weight is 622 g/mol. The van der Waals surface area contributed by atoms with E-state index >= 15 is 0 Å². The summed E-state index contributed by atoms with van der Waals surface area (Å²) in [5.74, 6) is 0.271.